The summed E-state index contributed by atoms with van der Waals surface area (Å²) in [6, 6.07) is 7.23. The zero-order valence-electron chi connectivity index (χ0n) is 11.0. The average molecular weight is 375 g/mol. The van der Waals surface area contributed by atoms with Gasteiger partial charge in [-0.1, -0.05) is 26.0 Å². The summed E-state index contributed by atoms with van der Waals surface area (Å²) < 4.78 is 0.855. The molecule has 0 aliphatic rings. The van der Waals surface area contributed by atoms with Gasteiger partial charge in [0.05, 0.1) is 11.5 Å². The Kier molecular flexibility index (Phi) is 6.27. The molecule has 0 spiro atoms. The van der Waals surface area contributed by atoms with Gasteiger partial charge in [-0.3, -0.25) is 9.59 Å². The van der Waals surface area contributed by atoms with Crippen LogP contribution in [0.4, 0.5) is 0 Å². The molecular formula is C14H18INO3. The minimum Gasteiger partial charge on any atom is -0.481 e. The highest BCUT2D eigenvalue weighted by atomic mass is 127. The SMILES string of the molecule is CC(C)CC(CNC(=O)c1ccccc1I)C(=O)O. The maximum absolute atomic E-state index is 12.0. The van der Waals surface area contributed by atoms with Crippen LogP contribution in [0.5, 0.6) is 0 Å². The van der Waals surface area contributed by atoms with Crippen molar-refractivity contribution in [1.82, 2.24) is 5.32 Å². The van der Waals surface area contributed by atoms with Crippen molar-refractivity contribution in [3.63, 3.8) is 0 Å². The quantitative estimate of drug-likeness (QED) is 0.752. The number of benzene rings is 1. The van der Waals surface area contributed by atoms with E-state index in [2.05, 4.69) is 27.9 Å². The summed E-state index contributed by atoms with van der Waals surface area (Å²) in [5, 5.41) is 11.8. The Morgan fingerprint density at radius 1 is 1.32 bits per heavy atom. The first kappa shape index (κ1) is 15.9. The number of carboxylic acid groups (broad SMARTS) is 1. The number of amides is 1. The van der Waals surface area contributed by atoms with Crippen LogP contribution in [-0.4, -0.2) is 23.5 Å². The maximum Gasteiger partial charge on any atom is 0.308 e. The molecule has 1 rings (SSSR count). The molecule has 0 bridgehead atoms. The Bertz CT molecular complexity index is 460. The van der Waals surface area contributed by atoms with Crippen molar-refractivity contribution in [3.8, 4) is 0 Å². The molecular weight excluding hydrogens is 357 g/mol. The van der Waals surface area contributed by atoms with E-state index in [0.29, 0.717) is 12.0 Å². The van der Waals surface area contributed by atoms with Crippen LogP contribution in [0.2, 0.25) is 0 Å². The van der Waals surface area contributed by atoms with Gasteiger partial charge < -0.3 is 10.4 Å². The molecule has 4 nitrogen and oxygen atoms in total. The maximum atomic E-state index is 12.0. The summed E-state index contributed by atoms with van der Waals surface area (Å²) in [5.41, 5.74) is 0.580. The molecule has 1 aromatic rings. The average Bonchev–Trinajstić information content (AvgIpc) is 2.34. The summed E-state index contributed by atoms with van der Waals surface area (Å²) in [6.07, 6.45) is 0.557. The number of halogens is 1. The number of carboxylic acids is 1. The fourth-order valence-electron chi connectivity index (χ4n) is 1.80. The van der Waals surface area contributed by atoms with Crippen molar-refractivity contribution in [3.05, 3.63) is 33.4 Å². The number of hydrogen-bond donors (Lipinski definition) is 2. The predicted octanol–water partition coefficient (Wildman–Crippen LogP) is 2.77. The summed E-state index contributed by atoms with van der Waals surface area (Å²) in [7, 11) is 0. The first-order valence-corrected chi connectivity index (χ1v) is 7.25. The molecule has 0 aliphatic carbocycles. The van der Waals surface area contributed by atoms with Gasteiger partial charge in [0, 0.05) is 10.1 Å². The van der Waals surface area contributed by atoms with Crippen molar-refractivity contribution in [1.29, 1.82) is 0 Å². The predicted molar refractivity (Wildman–Crippen MR) is 82.1 cm³/mol. The molecule has 5 heteroatoms. The lowest BCUT2D eigenvalue weighted by Gasteiger charge is -2.15. The van der Waals surface area contributed by atoms with Crippen LogP contribution >= 0.6 is 22.6 Å². The molecule has 0 saturated carbocycles. The minimum absolute atomic E-state index is 0.164. The standard InChI is InChI=1S/C14H18INO3/c1-9(2)7-10(14(18)19)8-16-13(17)11-5-3-4-6-12(11)15/h3-6,9-10H,7-8H2,1-2H3,(H,16,17)(H,18,19). The van der Waals surface area contributed by atoms with E-state index in [0.717, 1.165) is 3.57 Å². The van der Waals surface area contributed by atoms with Crippen molar-refractivity contribution in [2.75, 3.05) is 6.54 Å². The molecule has 1 amide bonds. The van der Waals surface area contributed by atoms with Crippen molar-refractivity contribution >= 4 is 34.5 Å². The van der Waals surface area contributed by atoms with E-state index < -0.39 is 11.9 Å². The Morgan fingerprint density at radius 2 is 1.95 bits per heavy atom. The Hall–Kier alpha value is -1.11. The van der Waals surface area contributed by atoms with Crippen LogP contribution in [0.1, 0.15) is 30.6 Å². The zero-order chi connectivity index (χ0) is 14.4. The molecule has 0 saturated heterocycles. The largest absolute Gasteiger partial charge is 0.481 e. The van der Waals surface area contributed by atoms with Crippen molar-refractivity contribution < 1.29 is 14.7 Å². The molecule has 0 heterocycles. The fraction of sp³-hybridized carbons (Fsp3) is 0.429. The Labute approximate surface area is 126 Å². The first-order valence-electron chi connectivity index (χ1n) is 6.17. The molecule has 0 radical (unpaired) electrons. The van der Waals surface area contributed by atoms with Gasteiger partial charge in [-0.15, -0.1) is 0 Å². The number of hydrogen-bond acceptors (Lipinski definition) is 2. The van der Waals surface area contributed by atoms with E-state index in [4.69, 9.17) is 5.11 Å². The van der Waals surface area contributed by atoms with E-state index in [-0.39, 0.29) is 18.4 Å². The minimum atomic E-state index is -0.864. The second kappa shape index (κ2) is 7.47. The molecule has 2 N–H and O–H groups in total. The third-order valence-electron chi connectivity index (χ3n) is 2.73. The molecule has 19 heavy (non-hydrogen) atoms. The summed E-state index contributed by atoms with van der Waals surface area (Å²) in [6.45, 7) is 4.10. The lowest BCUT2D eigenvalue weighted by Crippen LogP contribution is -2.34. The Morgan fingerprint density at radius 3 is 2.47 bits per heavy atom. The number of carbonyl (C=O) groups excluding carboxylic acids is 1. The summed E-state index contributed by atoms with van der Waals surface area (Å²) >= 11 is 2.09. The van der Waals surface area contributed by atoms with Gasteiger partial charge in [0.25, 0.3) is 5.91 Å². The van der Waals surface area contributed by atoms with Crippen LogP contribution in [0.15, 0.2) is 24.3 Å². The monoisotopic (exact) mass is 375 g/mol. The molecule has 0 fully saturated rings. The van der Waals surface area contributed by atoms with Crippen LogP contribution in [-0.2, 0) is 4.79 Å². The third kappa shape index (κ3) is 5.18. The van der Waals surface area contributed by atoms with E-state index in [1.807, 2.05) is 26.0 Å². The molecule has 1 unspecified atom stereocenters. The second-order valence-corrected chi connectivity index (χ2v) is 6.02. The van der Waals surface area contributed by atoms with Crippen LogP contribution < -0.4 is 5.32 Å². The highest BCUT2D eigenvalue weighted by Gasteiger charge is 2.20. The smallest absolute Gasteiger partial charge is 0.308 e. The zero-order valence-corrected chi connectivity index (χ0v) is 13.2. The normalized spacial score (nSPS) is 12.2. The lowest BCUT2D eigenvalue weighted by atomic mass is 9.97. The molecule has 0 aromatic heterocycles. The van der Waals surface area contributed by atoms with Crippen LogP contribution in [0.3, 0.4) is 0 Å². The molecule has 104 valence electrons. The highest BCUT2D eigenvalue weighted by molar-refractivity contribution is 14.1. The Balaban J connectivity index is 2.62. The van der Waals surface area contributed by atoms with Gasteiger partial charge in [0.1, 0.15) is 0 Å². The molecule has 0 aliphatic heterocycles. The van der Waals surface area contributed by atoms with Gasteiger partial charge in [0.15, 0.2) is 0 Å². The van der Waals surface area contributed by atoms with E-state index >= 15 is 0 Å². The van der Waals surface area contributed by atoms with Gasteiger partial charge >= 0.3 is 5.97 Å². The summed E-state index contributed by atoms with van der Waals surface area (Å²) in [4.78, 5) is 23.1. The van der Waals surface area contributed by atoms with E-state index in [1.165, 1.54) is 0 Å². The van der Waals surface area contributed by atoms with Crippen molar-refractivity contribution in [2.24, 2.45) is 11.8 Å². The highest BCUT2D eigenvalue weighted by Crippen LogP contribution is 2.13. The van der Waals surface area contributed by atoms with Crippen molar-refractivity contribution in [2.45, 2.75) is 20.3 Å². The second-order valence-electron chi connectivity index (χ2n) is 4.85. The number of carbonyl (C=O) groups is 2. The molecule has 1 atom stereocenters. The van der Waals surface area contributed by atoms with E-state index in [9.17, 15) is 9.59 Å². The number of aliphatic carboxylic acids is 1. The van der Waals surface area contributed by atoms with E-state index in [1.54, 1.807) is 12.1 Å². The number of rotatable bonds is 6. The van der Waals surface area contributed by atoms with Gasteiger partial charge in [-0.2, -0.15) is 0 Å². The van der Waals surface area contributed by atoms with Crippen LogP contribution in [0.25, 0.3) is 0 Å². The first-order chi connectivity index (χ1) is 8.91. The number of nitrogens with one attached hydrogen (secondary N) is 1. The van der Waals surface area contributed by atoms with Gasteiger partial charge in [0.2, 0.25) is 0 Å². The lowest BCUT2D eigenvalue weighted by molar-refractivity contribution is -0.142. The summed E-state index contributed by atoms with van der Waals surface area (Å²) in [5.74, 6) is -1.34. The van der Waals surface area contributed by atoms with Gasteiger partial charge in [-0.05, 0) is 47.1 Å². The van der Waals surface area contributed by atoms with Gasteiger partial charge in [-0.25, -0.2) is 0 Å². The van der Waals surface area contributed by atoms with Crippen LogP contribution in [0, 0.1) is 15.4 Å². The third-order valence-corrected chi connectivity index (χ3v) is 3.67. The fourth-order valence-corrected chi connectivity index (χ4v) is 2.43. The molecule has 1 aromatic carbocycles. The topological polar surface area (TPSA) is 66.4 Å².